The molecule has 2 aromatic carbocycles. The van der Waals surface area contributed by atoms with Gasteiger partial charge in [0.05, 0.1) is 6.54 Å². The lowest BCUT2D eigenvalue weighted by Crippen LogP contribution is -2.41. The molecule has 1 aliphatic heterocycles. The molecule has 3 aromatic rings. The minimum absolute atomic E-state index is 0.0897. The van der Waals surface area contributed by atoms with Gasteiger partial charge in [-0.2, -0.15) is 5.10 Å². The number of nitrogens with zero attached hydrogens (tertiary/aromatic N) is 3. The second-order valence-electron chi connectivity index (χ2n) is 8.32. The molecule has 5 rings (SSSR count). The molecule has 0 unspecified atom stereocenters. The van der Waals surface area contributed by atoms with Crippen LogP contribution in [0.1, 0.15) is 53.6 Å². The van der Waals surface area contributed by atoms with Gasteiger partial charge >= 0.3 is 0 Å². The fourth-order valence-corrected chi connectivity index (χ4v) is 4.55. The molecule has 0 radical (unpaired) electrons. The van der Waals surface area contributed by atoms with Gasteiger partial charge in [-0.3, -0.25) is 9.48 Å². The molecule has 1 fully saturated rings. The van der Waals surface area contributed by atoms with Crippen LogP contribution in [0.4, 0.5) is 0 Å². The standard InChI is InChI=1S/C25H27N3O3/c29-25(21-7-4-6-19(14-21)16-27-13-5-12-26-27)28(22-8-2-1-3-9-22)17-20-10-11-23-24(15-20)31-18-30-23/h4-7,10-15,22H,1-3,8-9,16-18H2. The summed E-state index contributed by atoms with van der Waals surface area (Å²) in [5.41, 5.74) is 2.87. The fourth-order valence-electron chi connectivity index (χ4n) is 4.55. The Labute approximate surface area is 182 Å². The van der Waals surface area contributed by atoms with Gasteiger partial charge < -0.3 is 14.4 Å². The van der Waals surface area contributed by atoms with Crippen molar-refractivity contribution in [1.82, 2.24) is 14.7 Å². The normalized spacial score (nSPS) is 15.7. The molecule has 1 aromatic heterocycles. The summed E-state index contributed by atoms with van der Waals surface area (Å²) in [4.78, 5) is 15.7. The Morgan fingerprint density at radius 2 is 1.87 bits per heavy atom. The Morgan fingerprint density at radius 3 is 2.71 bits per heavy atom. The van der Waals surface area contributed by atoms with Gasteiger partial charge in [-0.05, 0) is 54.3 Å². The number of rotatable bonds is 6. The summed E-state index contributed by atoms with van der Waals surface area (Å²) < 4.78 is 12.9. The molecule has 1 aliphatic carbocycles. The number of aromatic nitrogens is 2. The molecule has 0 spiro atoms. The van der Waals surface area contributed by atoms with Crippen molar-refractivity contribution in [3.63, 3.8) is 0 Å². The predicted molar refractivity (Wildman–Crippen MR) is 117 cm³/mol. The Balaban J connectivity index is 1.40. The number of ether oxygens (including phenoxy) is 2. The molecule has 6 nitrogen and oxygen atoms in total. The number of hydrogen-bond acceptors (Lipinski definition) is 4. The molecule has 2 aliphatic rings. The van der Waals surface area contributed by atoms with Gasteiger partial charge in [-0.25, -0.2) is 0 Å². The van der Waals surface area contributed by atoms with Crippen molar-refractivity contribution in [3.05, 3.63) is 77.6 Å². The monoisotopic (exact) mass is 417 g/mol. The molecule has 6 heteroatoms. The quantitative estimate of drug-likeness (QED) is 0.587. The molecule has 0 atom stereocenters. The topological polar surface area (TPSA) is 56.6 Å². The number of hydrogen-bond donors (Lipinski definition) is 0. The molecule has 160 valence electrons. The first-order chi connectivity index (χ1) is 15.3. The third-order valence-electron chi connectivity index (χ3n) is 6.14. The minimum Gasteiger partial charge on any atom is -0.454 e. The Hall–Kier alpha value is -3.28. The molecular weight excluding hydrogens is 390 g/mol. The van der Waals surface area contributed by atoms with Crippen molar-refractivity contribution in [2.24, 2.45) is 0 Å². The van der Waals surface area contributed by atoms with Gasteiger partial charge in [-0.15, -0.1) is 0 Å². The number of carbonyl (C=O) groups is 1. The van der Waals surface area contributed by atoms with E-state index in [0.717, 1.165) is 41.0 Å². The van der Waals surface area contributed by atoms with E-state index in [-0.39, 0.29) is 18.7 Å². The molecule has 31 heavy (non-hydrogen) atoms. The third kappa shape index (κ3) is 4.43. The zero-order valence-electron chi connectivity index (χ0n) is 17.6. The summed E-state index contributed by atoms with van der Waals surface area (Å²) in [6.07, 6.45) is 9.42. The van der Waals surface area contributed by atoms with Crippen molar-refractivity contribution >= 4 is 5.91 Å². The number of benzene rings is 2. The van der Waals surface area contributed by atoms with E-state index in [9.17, 15) is 4.79 Å². The van der Waals surface area contributed by atoms with Gasteiger partial charge in [0.2, 0.25) is 6.79 Å². The maximum absolute atomic E-state index is 13.7. The summed E-state index contributed by atoms with van der Waals surface area (Å²) in [6, 6.07) is 16.1. The second kappa shape index (κ2) is 8.84. The van der Waals surface area contributed by atoms with E-state index in [1.165, 1.54) is 19.3 Å². The summed E-state index contributed by atoms with van der Waals surface area (Å²) in [7, 11) is 0. The van der Waals surface area contributed by atoms with E-state index in [4.69, 9.17) is 9.47 Å². The minimum atomic E-state index is 0.0897. The summed E-state index contributed by atoms with van der Waals surface area (Å²) in [5, 5.41) is 4.28. The van der Waals surface area contributed by atoms with E-state index >= 15 is 0 Å². The van der Waals surface area contributed by atoms with E-state index in [1.54, 1.807) is 6.20 Å². The highest BCUT2D eigenvalue weighted by Gasteiger charge is 2.27. The molecule has 0 bridgehead atoms. The van der Waals surface area contributed by atoms with Crippen LogP contribution in [-0.2, 0) is 13.1 Å². The lowest BCUT2D eigenvalue weighted by Gasteiger charge is -2.34. The average Bonchev–Trinajstić information content (AvgIpc) is 3.49. The highest BCUT2D eigenvalue weighted by atomic mass is 16.7. The van der Waals surface area contributed by atoms with Crippen LogP contribution in [0.5, 0.6) is 11.5 Å². The SMILES string of the molecule is O=C(c1cccc(Cn2cccn2)c1)N(Cc1ccc2c(c1)OCO2)C1CCCCC1. The first kappa shape index (κ1) is 19.7. The summed E-state index contributed by atoms with van der Waals surface area (Å²) >= 11 is 0. The average molecular weight is 418 g/mol. The first-order valence-corrected chi connectivity index (χ1v) is 11.0. The predicted octanol–water partition coefficient (Wildman–Crippen LogP) is 4.64. The fraction of sp³-hybridized carbons (Fsp3) is 0.360. The van der Waals surface area contributed by atoms with Crippen molar-refractivity contribution in [3.8, 4) is 11.5 Å². The third-order valence-corrected chi connectivity index (χ3v) is 6.14. The van der Waals surface area contributed by atoms with Crippen molar-refractivity contribution < 1.29 is 14.3 Å². The molecular formula is C25H27N3O3. The lowest BCUT2D eigenvalue weighted by atomic mass is 9.93. The van der Waals surface area contributed by atoms with Crippen LogP contribution >= 0.6 is 0 Å². The maximum atomic E-state index is 13.7. The van der Waals surface area contributed by atoms with Crippen LogP contribution in [0.25, 0.3) is 0 Å². The van der Waals surface area contributed by atoms with Gasteiger partial charge in [0, 0.05) is 30.5 Å². The molecule has 0 saturated heterocycles. The maximum Gasteiger partial charge on any atom is 0.254 e. The van der Waals surface area contributed by atoms with Crippen molar-refractivity contribution in [2.75, 3.05) is 6.79 Å². The van der Waals surface area contributed by atoms with E-state index in [0.29, 0.717) is 13.1 Å². The largest absolute Gasteiger partial charge is 0.454 e. The van der Waals surface area contributed by atoms with Crippen LogP contribution in [-0.4, -0.2) is 33.4 Å². The van der Waals surface area contributed by atoms with E-state index < -0.39 is 0 Å². The van der Waals surface area contributed by atoms with E-state index in [2.05, 4.69) is 10.00 Å². The summed E-state index contributed by atoms with van der Waals surface area (Å²) in [5.74, 6) is 1.62. The van der Waals surface area contributed by atoms with Gasteiger partial charge in [-0.1, -0.05) is 37.5 Å². The first-order valence-electron chi connectivity index (χ1n) is 11.0. The van der Waals surface area contributed by atoms with Crippen LogP contribution in [0, 0.1) is 0 Å². The van der Waals surface area contributed by atoms with Crippen LogP contribution in [0.15, 0.2) is 60.9 Å². The van der Waals surface area contributed by atoms with Crippen LogP contribution in [0.2, 0.25) is 0 Å². The smallest absolute Gasteiger partial charge is 0.254 e. The van der Waals surface area contributed by atoms with E-state index in [1.807, 2.05) is 59.4 Å². The molecule has 2 heterocycles. The number of amides is 1. The number of carbonyl (C=O) groups excluding carboxylic acids is 1. The van der Waals surface area contributed by atoms with Gasteiger partial charge in [0.25, 0.3) is 5.91 Å². The Kier molecular flexibility index (Phi) is 5.61. The highest BCUT2D eigenvalue weighted by Crippen LogP contribution is 2.34. The van der Waals surface area contributed by atoms with Crippen molar-refractivity contribution in [2.45, 2.75) is 51.2 Å². The lowest BCUT2D eigenvalue weighted by molar-refractivity contribution is 0.0614. The zero-order chi connectivity index (χ0) is 21.0. The Morgan fingerprint density at radius 1 is 1.00 bits per heavy atom. The van der Waals surface area contributed by atoms with Crippen LogP contribution in [0.3, 0.4) is 0 Å². The van der Waals surface area contributed by atoms with Crippen LogP contribution < -0.4 is 9.47 Å². The van der Waals surface area contributed by atoms with Gasteiger partial charge in [0.15, 0.2) is 11.5 Å². The highest BCUT2D eigenvalue weighted by molar-refractivity contribution is 5.94. The van der Waals surface area contributed by atoms with Gasteiger partial charge in [0.1, 0.15) is 0 Å². The Bertz CT molecular complexity index is 1040. The van der Waals surface area contributed by atoms with Crippen molar-refractivity contribution in [1.29, 1.82) is 0 Å². The second-order valence-corrected chi connectivity index (χ2v) is 8.32. The zero-order valence-corrected chi connectivity index (χ0v) is 17.6. The molecule has 1 amide bonds. The molecule has 1 saturated carbocycles. The molecule has 0 N–H and O–H groups in total. The number of fused-ring (bicyclic) bond motifs is 1. The summed E-state index contributed by atoms with van der Waals surface area (Å²) in [6.45, 7) is 1.48.